The molecule has 2 rings (SSSR count). The molecule has 0 spiro atoms. The Bertz CT molecular complexity index is 615. The normalized spacial score (nSPS) is 10.2. The van der Waals surface area contributed by atoms with Gasteiger partial charge in [0.05, 0.1) is 35.9 Å². The monoisotopic (exact) mass is 275 g/mol. The highest BCUT2D eigenvalue weighted by Gasteiger charge is 2.13. The molecule has 2 aromatic heterocycles. The standard InChI is InChI=1S/C13H14FN5O/c1-8-4-17-10(6-16-8)7-19-13(20)11-3-9(14)5-18-12(11)15-2/h3-6H,7H2,1-2H3,(H,15,18)(H,19,20). The highest BCUT2D eigenvalue weighted by atomic mass is 19.1. The van der Waals surface area contributed by atoms with Crippen molar-refractivity contribution in [1.82, 2.24) is 20.3 Å². The molecule has 0 saturated carbocycles. The summed E-state index contributed by atoms with van der Waals surface area (Å²) in [6, 6.07) is 1.13. The molecule has 104 valence electrons. The van der Waals surface area contributed by atoms with Crippen molar-refractivity contribution in [3.63, 3.8) is 0 Å². The Kier molecular flexibility index (Phi) is 4.19. The van der Waals surface area contributed by atoms with Crippen LogP contribution in [0.25, 0.3) is 0 Å². The Morgan fingerprint density at radius 2 is 2.05 bits per heavy atom. The van der Waals surface area contributed by atoms with Crippen LogP contribution < -0.4 is 10.6 Å². The molecule has 0 atom stereocenters. The Balaban J connectivity index is 2.08. The number of anilines is 1. The molecular formula is C13H14FN5O. The van der Waals surface area contributed by atoms with Gasteiger partial charge in [-0.15, -0.1) is 0 Å². The van der Waals surface area contributed by atoms with Crippen molar-refractivity contribution in [2.45, 2.75) is 13.5 Å². The van der Waals surface area contributed by atoms with Gasteiger partial charge in [-0.3, -0.25) is 14.8 Å². The second-order valence-corrected chi connectivity index (χ2v) is 4.13. The number of hydrogen-bond acceptors (Lipinski definition) is 5. The maximum Gasteiger partial charge on any atom is 0.255 e. The van der Waals surface area contributed by atoms with E-state index in [1.165, 1.54) is 0 Å². The van der Waals surface area contributed by atoms with Gasteiger partial charge in [-0.25, -0.2) is 9.37 Å². The molecule has 0 aliphatic heterocycles. The molecule has 0 aliphatic rings. The molecule has 0 radical (unpaired) electrons. The number of aromatic nitrogens is 3. The molecule has 0 fully saturated rings. The van der Waals surface area contributed by atoms with Crippen molar-refractivity contribution in [3.05, 3.63) is 47.4 Å². The maximum absolute atomic E-state index is 13.2. The second kappa shape index (κ2) is 6.05. The summed E-state index contributed by atoms with van der Waals surface area (Å²) in [7, 11) is 1.61. The van der Waals surface area contributed by atoms with Crippen LogP contribution in [0, 0.1) is 12.7 Å². The lowest BCUT2D eigenvalue weighted by Gasteiger charge is -2.08. The first-order valence-electron chi connectivity index (χ1n) is 5.99. The fraction of sp³-hybridized carbons (Fsp3) is 0.231. The number of rotatable bonds is 4. The SMILES string of the molecule is CNc1ncc(F)cc1C(=O)NCc1cnc(C)cn1. The molecule has 0 bridgehead atoms. The summed E-state index contributed by atoms with van der Waals surface area (Å²) < 4.78 is 13.2. The van der Waals surface area contributed by atoms with Gasteiger partial charge in [0.2, 0.25) is 0 Å². The van der Waals surface area contributed by atoms with E-state index in [-0.39, 0.29) is 12.1 Å². The molecule has 2 heterocycles. The van der Waals surface area contributed by atoms with E-state index in [0.717, 1.165) is 18.0 Å². The summed E-state index contributed by atoms with van der Waals surface area (Å²) in [5.41, 5.74) is 1.57. The Morgan fingerprint density at radius 1 is 1.25 bits per heavy atom. The number of pyridine rings is 1. The van der Waals surface area contributed by atoms with Crippen LogP contribution in [0.2, 0.25) is 0 Å². The van der Waals surface area contributed by atoms with E-state index in [1.54, 1.807) is 19.4 Å². The van der Waals surface area contributed by atoms with Gasteiger partial charge < -0.3 is 10.6 Å². The van der Waals surface area contributed by atoms with Gasteiger partial charge in [0.1, 0.15) is 11.6 Å². The molecule has 0 aliphatic carbocycles. The molecule has 20 heavy (non-hydrogen) atoms. The van der Waals surface area contributed by atoms with E-state index >= 15 is 0 Å². The summed E-state index contributed by atoms with van der Waals surface area (Å²) >= 11 is 0. The minimum Gasteiger partial charge on any atom is -0.372 e. The van der Waals surface area contributed by atoms with Gasteiger partial charge in [-0.05, 0) is 13.0 Å². The van der Waals surface area contributed by atoms with Gasteiger partial charge in [0.25, 0.3) is 5.91 Å². The van der Waals surface area contributed by atoms with E-state index < -0.39 is 11.7 Å². The van der Waals surface area contributed by atoms with Gasteiger partial charge in [0, 0.05) is 13.2 Å². The van der Waals surface area contributed by atoms with Crippen LogP contribution in [-0.4, -0.2) is 27.9 Å². The molecule has 0 unspecified atom stereocenters. The Morgan fingerprint density at radius 3 is 2.70 bits per heavy atom. The molecule has 1 amide bonds. The zero-order valence-electron chi connectivity index (χ0n) is 11.1. The Hall–Kier alpha value is -2.57. The van der Waals surface area contributed by atoms with Crippen molar-refractivity contribution in [3.8, 4) is 0 Å². The van der Waals surface area contributed by atoms with Crippen LogP contribution >= 0.6 is 0 Å². The fourth-order valence-corrected chi connectivity index (χ4v) is 1.59. The third-order valence-electron chi connectivity index (χ3n) is 2.60. The lowest BCUT2D eigenvalue weighted by molar-refractivity contribution is 0.0950. The molecule has 2 aromatic rings. The number of nitrogens with zero attached hydrogens (tertiary/aromatic N) is 3. The van der Waals surface area contributed by atoms with Gasteiger partial charge >= 0.3 is 0 Å². The number of carbonyl (C=O) groups excluding carboxylic acids is 1. The van der Waals surface area contributed by atoms with E-state index in [1.807, 2.05) is 6.92 Å². The van der Waals surface area contributed by atoms with Crippen LogP contribution in [0.3, 0.4) is 0 Å². The second-order valence-electron chi connectivity index (χ2n) is 4.13. The summed E-state index contributed by atoms with van der Waals surface area (Å²) in [4.78, 5) is 24.0. The average molecular weight is 275 g/mol. The summed E-state index contributed by atoms with van der Waals surface area (Å²) in [5, 5.41) is 5.39. The van der Waals surface area contributed by atoms with E-state index in [0.29, 0.717) is 11.5 Å². The molecule has 6 nitrogen and oxygen atoms in total. The highest BCUT2D eigenvalue weighted by Crippen LogP contribution is 2.12. The topological polar surface area (TPSA) is 79.8 Å². The number of amides is 1. The average Bonchev–Trinajstić information content (AvgIpc) is 2.46. The highest BCUT2D eigenvalue weighted by molar-refractivity contribution is 5.98. The van der Waals surface area contributed by atoms with E-state index in [9.17, 15) is 9.18 Å². The van der Waals surface area contributed by atoms with Crippen LogP contribution in [-0.2, 0) is 6.54 Å². The van der Waals surface area contributed by atoms with Crippen LogP contribution in [0.1, 0.15) is 21.7 Å². The molecule has 7 heteroatoms. The maximum atomic E-state index is 13.2. The number of hydrogen-bond donors (Lipinski definition) is 2. The van der Waals surface area contributed by atoms with Crippen molar-refractivity contribution < 1.29 is 9.18 Å². The zero-order valence-corrected chi connectivity index (χ0v) is 11.1. The minimum atomic E-state index is -0.565. The number of nitrogens with one attached hydrogen (secondary N) is 2. The lowest BCUT2D eigenvalue weighted by Crippen LogP contribution is -2.24. The van der Waals surface area contributed by atoms with Crippen LogP contribution in [0.15, 0.2) is 24.7 Å². The minimum absolute atomic E-state index is 0.146. The van der Waals surface area contributed by atoms with Gasteiger partial charge in [-0.1, -0.05) is 0 Å². The number of halogens is 1. The molecule has 0 aromatic carbocycles. The first kappa shape index (κ1) is 13.9. The quantitative estimate of drug-likeness (QED) is 0.879. The first-order chi connectivity index (χ1) is 9.60. The third-order valence-corrected chi connectivity index (χ3v) is 2.60. The van der Waals surface area contributed by atoms with Gasteiger partial charge in [-0.2, -0.15) is 0 Å². The largest absolute Gasteiger partial charge is 0.372 e. The molecular weight excluding hydrogens is 261 g/mol. The summed E-state index contributed by atoms with van der Waals surface area (Å²) in [6.07, 6.45) is 4.25. The van der Waals surface area contributed by atoms with Crippen molar-refractivity contribution in [2.75, 3.05) is 12.4 Å². The lowest BCUT2D eigenvalue weighted by atomic mass is 10.2. The third kappa shape index (κ3) is 3.25. The summed E-state index contributed by atoms with van der Waals surface area (Å²) in [6.45, 7) is 2.04. The van der Waals surface area contributed by atoms with Crippen molar-refractivity contribution in [1.29, 1.82) is 0 Å². The number of aryl methyl sites for hydroxylation is 1. The van der Waals surface area contributed by atoms with Crippen LogP contribution in [0.5, 0.6) is 0 Å². The van der Waals surface area contributed by atoms with Crippen molar-refractivity contribution >= 4 is 11.7 Å². The Labute approximate surface area is 115 Å². The smallest absolute Gasteiger partial charge is 0.255 e. The van der Waals surface area contributed by atoms with E-state index in [4.69, 9.17) is 0 Å². The predicted molar refractivity (Wildman–Crippen MR) is 71.7 cm³/mol. The zero-order chi connectivity index (χ0) is 14.5. The molecule has 2 N–H and O–H groups in total. The fourth-order valence-electron chi connectivity index (χ4n) is 1.59. The van der Waals surface area contributed by atoms with E-state index in [2.05, 4.69) is 25.6 Å². The van der Waals surface area contributed by atoms with Crippen molar-refractivity contribution in [2.24, 2.45) is 0 Å². The van der Waals surface area contributed by atoms with Gasteiger partial charge in [0.15, 0.2) is 0 Å². The molecule has 0 saturated heterocycles. The predicted octanol–water partition coefficient (Wildman–Crippen LogP) is 1.29. The number of carbonyl (C=O) groups is 1. The van der Waals surface area contributed by atoms with Crippen LogP contribution in [0.4, 0.5) is 10.2 Å². The summed E-state index contributed by atoms with van der Waals surface area (Å²) in [5.74, 6) is -0.674. The first-order valence-corrected chi connectivity index (χ1v) is 5.99.